The van der Waals surface area contributed by atoms with Crippen LogP contribution in [0, 0.1) is 0 Å². The molecule has 0 aromatic heterocycles. The summed E-state index contributed by atoms with van der Waals surface area (Å²) in [4.78, 5) is 0. The summed E-state index contributed by atoms with van der Waals surface area (Å²) in [5.74, 6) is -0.127. The SMILES string of the molecule is NC1([S-](=O)=O)CCCS1(=O)=O.[Li+]. The summed E-state index contributed by atoms with van der Waals surface area (Å²) < 4.78 is 40.9. The van der Waals surface area contributed by atoms with Crippen LogP contribution < -0.4 is 24.6 Å². The summed E-state index contributed by atoms with van der Waals surface area (Å²) >= 11 is 0. The van der Waals surface area contributed by atoms with Crippen molar-refractivity contribution in [2.45, 2.75) is 17.0 Å². The molecule has 0 bridgehead atoms. The van der Waals surface area contributed by atoms with Crippen LogP contribution >= 0.6 is 0 Å². The first-order chi connectivity index (χ1) is 4.90. The van der Waals surface area contributed by atoms with Gasteiger partial charge in [-0.1, -0.05) is 0 Å². The molecule has 1 atom stereocenters. The first-order valence-electron chi connectivity index (χ1n) is 3.01. The van der Waals surface area contributed by atoms with Crippen LogP contribution in [0.2, 0.25) is 0 Å². The molecule has 1 fully saturated rings. The van der Waals surface area contributed by atoms with Crippen molar-refractivity contribution in [2.75, 3.05) is 5.75 Å². The van der Waals surface area contributed by atoms with Crippen LogP contribution in [0.15, 0.2) is 0 Å². The number of rotatable bonds is 1. The molecule has 12 heavy (non-hydrogen) atoms. The summed E-state index contributed by atoms with van der Waals surface area (Å²) in [5, 5.41) is 0. The zero-order valence-corrected chi connectivity index (χ0v) is 8.28. The Bertz CT molecular complexity index is 327. The fourth-order valence-electron chi connectivity index (χ4n) is 1.02. The molecular formula is C4H8LiNO4S2. The van der Waals surface area contributed by atoms with Crippen molar-refractivity contribution in [3.63, 3.8) is 0 Å². The first kappa shape index (κ1) is 12.5. The molecule has 1 aliphatic heterocycles. The van der Waals surface area contributed by atoms with E-state index in [-0.39, 0.29) is 31.0 Å². The molecule has 0 radical (unpaired) electrons. The van der Waals surface area contributed by atoms with E-state index in [2.05, 4.69) is 0 Å². The Labute approximate surface area is 84.7 Å². The standard InChI is InChI=1S/C4H8NO4S2.Li/c5-4(10(6)7)2-1-3-11(4,8)9;/h1-3,5H2;/q-1;+1. The minimum Gasteiger partial charge on any atom is -0.421 e. The van der Waals surface area contributed by atoms with Gasteiger partial charge in [0.1, 0.15) is 4.20 Å². The van der Waals surface area contributed by atoms with E-state index in [1.54, 1.807) is 0 Å². The molecule has 0 aromatic rings. The van der Waals surface area contributed by atoms with Gasteiger partial charge in [-0.25, -0.2) is 8.42 Å². The second-order valence-electron chi connectivity index (χ2n) is 2.47. The summed E-state index contributed by atoms with van der Waals surface area (Å²) in [6, 6.07) is 0. The van der Waals surface area contributed by atoms with E-state index in [0.717, 1.165) is 0 Å². The van der Waals surface area contributed by atoms with Crippen LogP contribution in [0.25, 0.3) is 0 Å². The van der Waals surface area contributed by atoms with Gasteiger partial charge in [0.2, 0.25) is 0 Å². The van der Waals surface area contributed by atoms with Gasteiger partial charge in [-0.05, 0) is 23.5 Å². The quantitative estimate of drug-likeness (QED) is 0.349. The van der Waals surface area contributed by atoms with Crippen LogP contribution in [-0.2, 0) is 29.0 Å². The van der Waals surface area contributed by atoms with Gasteiger partial charge in [0.15, 0.2) is 9.84 Å². The van der Waals surface area contributed by atoms with Crippen molar-refractivity contribution in [1.82, 2.24) is 0 Å². The molecule has 66 valence electrons. The predicted molar refractivity (Wildman–Crippen MR) is 38.7 cm³/mol. The molecule has 5 nitrogen and oxygen atoms in total. The van der Waals surface area contributed by atoms with E-state index in [9.17, 15) is 16.8 Å². The van der Waals surface area contributed by atoms with Crippen LogP contribution in [0.5, 0.6) is 0 Å². The van der Waals surface area contributed by atoms with Gasteiger partial charge in [-0.15, -0.1) is 0 Å². The van der Waals surface area contributed by atoms with Crippen molar-refractivity contribution in [2.24, 2.45) is 5.73 Å². The molecule has 0 spiro atoms. The second kappa shape index (κ2) is 3.68. The van der Waals surface area contributed by atoms with Gasteiger partial charge in [0.25, 0.3) is 0 Å². The molecule has 1 heterocycles. The maximum absolute atomic E-state index is 11.0. The molecule has 0 aliphatic carbocycles. The maximum atomic E-state index is 11.0. The Morgan fingerprint density at radius 2 is 1.83 bits per heavy atom. The summed E-state index contributed by atoms with van der Waals surface area (Å²) in [5.41, 5.74) is 5.18. The summed E-state index contributed by atoms with van der Waals surface area (Å²) in [6.07, 6.45) is 0.332. The third-order valence-corrected chi connectivity index (χ3v) is 5.77. The zero-order chi connectivity index (χ0) is 8.70. The molecule has 0 saturated carbocycles. The molecule has 1 saturated heterocycles. The number of nitrogens with two attached hydrogens (primary N) is 1. The van der Waals surface area contributed by atoms with E-state index >= 15 is 0 Å². The average molecular weight is 205 g/mol. The Morgan fingerprint density at radius 3 is 2.00 bits per heavy atom. The fourth-order valence-corrected chi connectivity index (χ4v) is 3.74. The Morgan fingerprint density at radius 1 is 1.33 bits per heavy atom. The van der Waals surface area contributed by atoms with Gasteiger partial charge in [-0.3, -0.25) is 0 Å². The molecule has 1 aliphatic rings. The predicted octanol–water partition coefficient (Wildman–Crippen LogP) is -3.88. The average Bonchev–Trinajstić information content (AvgIpc) is 2.09. The summed E-state index contributed by atoms with van der Waals surface area (Å²) in [6.45, 7) is 0. The molecule has 2 N–H and O–H groups in total. The van der Waals surface area contributed by atoms with Crippen molar-refractivity contribution < 1.29 is 35.7 Å². The Kier molecular flexibility index (Phi) is 3.82. The van der Waals surface area contributed by atoms with Crippen molar-refractivity contribution in [3.05, 3.63) is 0 Å². The fraction of sp³-hybridized carbons (Fsp3) is 1.00. The van der Waals surface area contributed by atoms with Gasteiger partial charge in [0, 0.05) is 0 Å². The zero-order valence-electron chi connectivity index (χ0n) is 6.65. The summed E-state index contributed by atoms with van der Waals surface area (Å²) in [7, 11) is -6.36. The molecular weight excluding hydrogens is 197 g/mol. The van der Waals surface area contributed by atoms with E-state index in [0.29, 0.717) is 6.42 Å². The normalized spacial score (nSPS) is 33.2. The third kappa shape index (κ3) is 1.70. The van der Waals surface area contributed by atoms with E-state index in [1.807, 2.05) is 0 Å². The largest absolute Gasteiger partial charge is 1.00 e. The van der Waals surface area contributed by atoms with Gasteiger partial charge in [0.05, 0.1) is 5.75 Å². The van der Waals surface area contributed by atoms with Crippen molar-refractivity contribution in [1.29, 1.82) is 0 Å². The van der Waals surface area contributed by atoms with Crippen molar-refractivity contribution in [3.8, 4) is 0 Å². The number of sulfone groups is 1. The maximum Gasteiger partial charge on any atom is 1.00 e. The van der Waals surface area contributed by atoms with Crippen LogP contribution in [0.3, 0.4) is 0 Å². The monoisotopic (exact) mass is 205 g/mol. The van der Waals surface area contributed by atoms with Crippen molar-refractivity contribution >= 4 is 20.5 Å². The van der Waals surface area contributed by atoms with Crippen LogP contribution in [0.4, 0.5) is 0 Å². The van der Waals surface area contributed by atoms with Gasteiger partial charge >= 0.3 is 18.9 Å². The Balaban J connectivity index is 0.00000121. The molecule has 1 rings (SSSR count). The molecule has 0 amide bonds. The Hall–Kier alpha value is 0.457. The molecule has 8 heteroatoms. The van der Waals surface area contributed by atoms with Gasteiger partial charge < -0.3 is 14.2 Å². The molecule has 1 unspecified atom stereocenters. The second-order valence-corrected chi connectivity index (χ2v) is 6.29. The first-order valence-corrected chi connectivity index (χ1v) is 5.73. The van der Waals surface area contributed by atoms with E-state index in [4.69, 9.17) is 5.73 Å². The number of hydrogen-bond acceptors (Lipinski definition) is 6. The topological polar surface area (TPSA) is 94.3 Å². The van der Waals surface area contributed by atoms with E-state index < -0.39 is 24.7 Å². The molecule has 0 aromatic carbocycles. The minimum absolute atomic E-state index is 0. The van der Waals surface area contributed by atoms with Crippen LogP contribution in [0.1, 0.15) is 12.8 Å². The minimum atomic E-state index is -3.62. The third-order valence-electron chi connectivity index (χ3n) is 1.75. The smallest absolute Gasteiger partial charge is 0.421 e. The van der Waals surface area contributed by atoms with Gasteiger partial charge in [-0.2, -0.15) is 0 Å². The van der Waals surface area contributed by atoms with E-state index in [1.165, 1.54) is 0 Å². The number of hydrogen-bond donors (Lipinski definition) is 1. The van der Waals surface area contributed by atoms with Crippen LogP contribution in [-0.4, -0.2) is 18.4 Å².